The van der Waals surface area contributed by atoms with Crippen molar-refractivity contribution < 1.29 is 4.74 Å². The van der Waals surface area contributed by atoms with E-state index in [-0.39, 0.29) is 30.1 Å². The average Bonchev–Trinajstić information content (AvgIpc) is 3.10. The lowest BCUT2D eigenvalue weighted by Gasteiger charge is -2.32. The summed E-state index contributed by atoms with van der Waals surface area (Å²) < 4.78 is 6.09. The topological polar surface area (TPSA) is 58.5 Å². The molecule has 0 amide bonds. The van der Waals surface area contributed by atoms with E-state index >= 15 is 0 Å². The van der Waals surface area contributed by atoms with Crippen LogP contribution >= 0.6 is 35.3 Å². The molecule has 0 saturated carbocycles. The van der Waals surface area contributed by atoms with Crippen LogP contribution in [0.25, 0.3) is 0 Å². The molecule has 2 aromatic rings. The van der Waals surface area contributed by atoms with Gasteiger partial charge in [-0.1, -0.05) is 30.3 Å². The monoisotopic (exact) mass is 500 g/mol. The second-order valence-corrected chi connectivity index (χ2v) is 7.86. The zero-order chi connectivity index (χ0) is 18.2. The molecule has 0 radical (unpaired) electrons. The average molecular weight is 500 g/mol. The quantitative estimate of drug-likeness (QED) is 0.353. The van der Waals surface area contributed by atoms with Gasteiger partial charge in [0.25, 0.3) is 0 Å². The van der Waals surface area contributed by atoms with E-state index in [0.29, 0.717) is 12.5 Å². The third-order valence-corrected chi connectivity index (χ3v) is 5.39. The van der Waals surface area contributed by atoms with Crippen LogP contribution in [0.2, 0.25) is 0 Å². The van der Waals surface area contributed by atoms with Crippen LogP contribution in [0, 0.1) is 12.8 Å². The van der Waals surface area contributed by atoms with Crippen molar-refractivity contribution in [1.29, 1.82) is 0 Å². The van der Waals surface area contributed by atoms with E-state index < -0.39 is 0 Å². The smallest absolute Gasteiger partial charge is 0.191 e. The first-order valence-corrected chi connectivity index (χ1v) is 10.2. The van der Waals surface area contributed by atoms with Crippen molar-refractivity contribution in [2.24, 2.45) is 10.9 Å². The number of hydrogen-bond acceptors (Lipinski definition) is 4. The van der Waals surface area contributed by atoms with E-state index in [4.69, 9.17) is 4.74 Å². The molecule has 0 aliphatic carbocycles. The highest BCUT2D eigenvalue weighted by Gasteiger charge is 2.27. The van der Waals surface area contributed by atoms with Crippen molar-refractivity contribution in [2.75, 3.05) is 19.7 Å². The molecule has 1 fully saturated rings. The Morgan fingerprint density at radius 3 is 2.81 bits per heavy atom. The first-order chi connectivity index (χ1) is 12.8. The number of nitrogens with one attached hydrogen (secondary N) is 2. The van der Waals surface area contributed by atoms with Gasteiger partial charge in [-0.2, -0.15) is 0 Å². The third kappa shape index (κ3) is 6.73. The molecule has 7 heteroatoms. The van der Waals surface area contributed by atoms with Gasteiger partial charge in [0.15, 0.2) is 5.96 Å². The summed E-state index contributed by atoms with van der Waals surface area (Å²) in [5.41, 5.74) is 1.26. The first kappa shape index (κ1) is 22.1. The van der Waals surface area contributed by atoms with Crippen LogP contribution in [-0.2, 0) is 11.3 Å². The molecule has 2 atom stereocenters. The number of aliphatic imine (C=N–C) groups is 1. The second kappa shape index (κ2) is 11.6. The lowest BCUT2D eigenvalue weighted by Crippen LogP contribution is -2.42. The molecule has 27 heavy (non-hydrogen) atoms. The molecule has 5 nitrogen and oxygen atoms in total. The summed E-state index contributed by atoms with van der Waals surface area (Å²) in [6.45, 7) is 7.29. The van der Waals surface area contributed by atoms with Crippen molar-refractivity contribution in [3.63, 3.8) is 0 Å². The van der Waals surface area contributed by atoms with Gasteiger partial charge < -0.3 is 15.4 Å². The maximum Gasteiger partial charge on any atom is 0.191 e. The van der Waals surface area contributed by atoms with Gasteiger partial charge in [0.1, 0.15) is 5.01 Å². The van der Waals surface area contributed by atoms with Crippen molar-refractivity contribution in [2.45, 2.75) is 39.3 Å². The summed E-state index contributed by atoms with van der Waals surface area (Å²) in [4.78, 5) is 10.3. The molecule has 0 bridgehead atoms. The van der Waals surface area contributed by atoms with Gasteiger partial charge in [0, 0.05) is 36.7 Å². The van der Waals surface area contributed by atoms with Crippen LogP contribution in [0.1, 0.15) is 41.3 Å². The normalized spacial score (nSPS) is 20.0. The SMILES string of the molecule is CCNC(=NCc1ncc(C)s1)NCC1CCCOC1c1ccccc1.I. The van der Waals surface area contributed by atoms with E-state index in [1.807, 2.05) is 6.20 Å². The van der Waals surface area contributed by atoms with E-state index in [1.54, 1.807) is 11.3 Å². The Kier molecular flexibility index (Phi) is 9.50. The summed E-state index contributed by atoms with van der Waals surface area (Å²) in [6.07, 6.45) is 4.33. The molecule has 2 unspecified atom stereocenters. The molecule has 1 aromatic heterocycles. The van der Waals surface area contributed by atoms with Crippen molar-refractivity contribution in [1.82, 2.24) is 15.6 Å². The fourth-order valence-electron chi connectivity index (χ4n) is 3.25. The standard InChI is InChI=1S/C20H28N4OS.HI/c1-3-21-20(24-14-18-22-12-15(2)26-18)23-13-17-10-7-11-25-19(17)16-8-5-4-6-9-16;/h4-6,8-9,12,17,19H,3,7,10-11,13-14H2,1-2H3,(H2,21,23,24);1H. The van der Waals surface area contributed by atoms with E-state index in [0.717, 1.165) is 43.5 Å². The summed E-state index contributed by atoms with van der Waals surface area (Å²) in [5.74, 6) is 1.29. The van der Waals surface area contributed by atoms with Gasteiger partial charge in [0.2, 0.25) is 0 Å². The first-order valence-electron chi connectivity index (χ1n) is 9.36. The molecule has 1 aliphatic rings. The third-order valence-electron chi connectivity index (χ3n) is 4.49. The Bertz CT molecular complexity index is 707. The van der Waals surface area contributed by atoms with Crippen LogP contribution in [0.5, 0.6) is 0 Å². The van der Waals surface area contributed by atoms with Crippen molar-refractivity contribution in [3.05, 3.63) is 52.0 Å². The fraction of sp³-hybridized carbons (Fsp3) is 0.500. The number of ether oxygens (including phenoxy) is 1. The molecule has 2 N–H and O–H groups in total. The van der Waals surface area contributed by atoms with Crippen LogP contribution in [0.4, 0.5) is 0 Å². The Hall–Kier alpha value is -1.19. The van der Waals surface area contributed by atoms with Crippen LogP contribution < -0.4 is 10.6 Å². The number of halogens is 1. The minimum Gasteiger partial charge on any atom is -0.373 e. The molecule has 2 heterocycles. The lowest BCUT2D eigenvalue weighted by molar-refractivity contribution is -0.0265. The van der Waals surface area contributed by atoms with E-state index in [9.17, 15) is 0 Å². The number of aryl methyl sites for hydroxylation is 1. The summed E-state index contributed by atoms with van der Waals surface area (Å²) in [6, 6.07) is 10.5. The number of thiazole rings is 1. The molecular weight excluding hydrogens is 471 g/mol. The van der Waals surface area contributed by atoms with E-state index in [2.05, 4.69) is 64.8 Å². The Balaban J connectivity index is 0.00000261. The number of hydrogen-bond donors (Lipinski definition) is 2. The van der Waals surface area contributed by atoms with Crippen LogP contribution in [0.15, 0.2) is 41.5 Å². The Morgan fingerprint density at radius 2 is 2.11 bits per heavy atom. The maximum atomic E-state index is 6.09. The van der Waals surface area contributed by atoms with Crippen molar-refractivity contribution >= 4 is 41.3 Å². The number of benzene rings is 1. The van der Waals surface area contributed by atoms with Gasteiger partial charge in [-0.15, -0.1) is 35.3 Å². The Labute approximate surface area is 183 Å². The molecule has 1 saturated heterocycles. The highest BCUT2D eigenvalue weighted by molar-refractivity contribution is 14.0. The fourth-order valence-corrected chi connectivity index (χ4v) is 3.97. The van der Waals surface area contributed by atoms with Crippen LogP contribution in [0.3, 0.4) is 0 Å². The van der Waals surface area contributed by atoms with Gasteiger partial charge in [-0.3, -0.25) is 0 Å². The molecule has 148 valence electrons. The van der Waals surface area contributed by atoms with Gasteiger partial charge >= 0.3 is 0 Å². The zero-order valence-electron chi connectivity index (χ0n) is 16.0. The van der Waals surface area contributed by atoms with Gasteiger partial charge in [-0.05, 0) is 32.3 Å². The van der Waals surface area contributed by atoms with Gasteiger partial charge in [0.05, 0.1) is 12.6 Å². The Morgan fingerprint density at radius 1 is 1.30 bits per heavy atom. The second-order valence-electron chi connectivity index (χ2n) is 6.55. The summed E-state index contributed by atoms with van der Waals surface area (Å²) in [5, 5.41) is 7.88. The molecule has 3 rings (SSSR count). The number of rotatable bonds is 6. The highest BCUT2D eigenvalue weighted by Crippen LogP contribution is 2.33. The minimum atomic E-state index is 0. The predicted molar refractivity (Wildman–Crippen MR) is 123 cm³/mol. The van der Waals surface area contributed by atoms with Gasteiger partial charge in [-0.25, -0.2) is 9.98 Å². The number of aromatic nitrogens is 1. The zero-order valence-corrected chi connectivity index (χ0v) is 19.1. The molecule has 1 aromatic carbocycles. The molecular formula is C20H29IN4OS. The summed E-state index contributed by atoms with van der Waals surface area (Å²) in [7, 11) is 0. The maximum absolute atomic E-state index is 6.09. The number of guanidine groups is 1. The molecule has 0 spiro atoms. The number of nitrogens with zero attached hydrogens (tertiary/aromatic N) is 2. The van der Waals surface area contributed by atoms with Crippen LogP contribution in [-0.4, -0.2) is 30.6 Å². The minimum absolute atomic E-state index is 0. The lowest BCUT2D eigenvalue weighted by atomic mass is 9.89. The largest absolute Gasteiger partial charge is 0.373 e. The van der Waals surface area contributed by atoms with E-state index in [1.165, 1.54) is 10.4 Å². The van der Waals surface area contributed by atoms with Crippen molar-refractivity contribution in [3.8, 4) is 0 Å². The predicted octanol–water partition coefficient (Wildman–Crippen LogP) is 4.29. The highest BCUT2D eigenvalue weighted by atomic mass is 127. The molecule has 1 aliphatic heterocycles. The summed E-state index contributed by atoms with van der Waals surface area (Å²) >= 11 is 1.70.